The van der Waals surface area contributed by atoms with Crippen LogP contribution in [0.15, 0.2) is 12.1 Å². The molecule has 1 amide bonds. The van der Waals surface area contributed by atoms with E-state index in [1.165, 1.54) is 4.90 Å². The van der Waals surface area contributed by atoms with E-state index in [0.717, 1.165) is 0 Å². The van der Waals surface area contributed by atoms with Crippen LogP contribution in [0.4, 0.5) is 26.3 Å². The summed E-state index contributed by atoms with van der Waals surface area (Å²) in [6.07, 6.45) is -12.5. The van der Waals surface area contributed by atoms with Crippen molar-refractivity contribution >= 4 is 57.6 Å². The summed E-state index contributed by atoms with van der Waals surface area (Å²) < 4.78 is 91.1. The first kappa shape index (κ1) is 27.8. The van der Waals surface area contributed by atoms with E-state index in [0.29, 0.717) is 17.4 Å². The molecule has 0 radical (unpaired) electrons. The van der Waals surface area contributed by atoms with Crippen molar-refractivity contribution in [1.29, 1.82) is 0 Å². The lowest BCUT2D eigenvalue weighted by atomic mass is 9.91. The fourth-order valence-corrected chi connectivity index (χ4v) is 5.91. The van der Waals surface area contributed by atoms with E-state index in [4.69, 9.17) is 23.2 Å². The van der Waals surface area contributed by atoms with Crippen molar-refractivity contribution in [2.45, 2.75) is 18.0 Å². The van der Waals surface area contributed by atoms with Crippen molar-refractivity contribution in [2.24, 2.45) is 0 Å². The number of thiazole rings is 1. The summed E-state index contributed by atoms with van der Waals surface area (Å²) in [6, 6.07) is 0.835. The van der Waals surface area contributed by atoms with Gasteiger partial charge in [-0.05, 0) is 0 Å². The molecule has 0 aliphatic carbocycles. The summed E-state index contributed by atoms with van der Waals surface area (Å²) in [5.74, 6) is -1.98. The molecule has 2 aromatic rings. The van der Waals surface area contributed by atoms with Crippen molar-refractivity contribution < 1.29 is 50.7 Å². The molecule has 1 fully saturated rings. The Morgan fingerprint density at radius 3 is 2.09 bits per heavy atom. The van der Waals surface area contributed by atoms with Crippen molar-refractivity contribution in [3.63, 3.8) is 0 Å². The minimum Gasteiger partial charge on any atom is -0.616 e. The Labute approximate surface area is 209 Å². The number of hydrogen-bond donors (Lipinski definition) is 2. The molecule has 3 rings (SSSR count). The Hall–Kier alpha value is -1.78. The van der Waals surface area contributed by atoms with Crippen LogP contribution >= 0.6 is 34.5 Å². The van der Waals surface area contributed by atoms with Gasteiger partial charge in [-0.25, -0.2) is 9.78 Å². The van der Waals surface area contributed by atoms with Gasteiger partial charge in [-0.15, -0.1) is 11.3 Å². The number of amides is 1. The summed E-state index contributed by atoms with van der Waals surface area (Å²) in [5, 5.41) is 16.5. The van der Waals surface area contributed by atoms with Gasteiger partial charge in [0, 0.05) is 11.1 Å². The average molecular weight is 585 g/mol. The highest BCUT2D eigenvalue weighted by atomic mass is 35.5. The minimum absolute atomic E-state index is 0.109. The van der Waals surface area contributed by atoms with Gasteiger partial charge in [-0.2, -0.15) is 26.3 Å². The molecule has 0 unspecified atom stereocenters. The highest BCUT2D eigenvalue weighted by Crippen LogP contribution is 2.54. The second-order valence-electron chi connectivity index (χ2n) is 7.14. The quantitative estimate of drug-likeness (QED) is 0.408. The molecule has 0 spiro atoms. The molecule has 0 bridgehead atoms. The number of aromatic nitrogens is 1. The third-order valence-electron chi connectivity index (χ3n) is 5.01. The zero-order chi connectivity index (χ0) is 26.5. The van der Waals surface area contributed by atoms with Crippen molar-refractivity contribution in [3.8, 4) is 10.4 Å². The zero-order valence-electron chi connectivity index (χ0n) is 16.8. The smallest absolute Gasteiger partial charge is 0.430 e. The van der Waals surface area contributed by atoms with Crippen LogP contribution in [0.5, 0.6) is 0 Å². The second-order valence-corrected chi connectivity index (χ2v) is 10.6. The number of aliphatic hydroxyl groups is 1. The van der Waals surface area contributed by atoms with Gasteiger partial charge in [-0.1, -0.05) is 46.5 Å². The first-order valence-corrected chi connectivity index (χ1v) is 12.3. The topological polar surface area (TPSA) is 114 Å². The Bertz CT molecular complexity index is 1150. The van der Waals surface area contributed by atoms with E-state index in [2.05, 4.69) is 4.98 Å². The van der Waals surface area contributed by atoms with Gasteiger partial charge in [0.2, 0.25) is 0 Å². The van der Waals surface area contributed by atoms with Gasteiger partial charge in [0.1, 0.15) is 11.5 Å². The molecule has 17 heteroatoms. The van der Waals surface area contributed by atoms with E-state index in [1.54, 1.807) is 0 Å². The molecule has 1 saturated heterocycles. The first-order chi connectivity index (χ1) is 16.0. The number of carboxylic acids is 1. The van der Waals surface area contributed by atoms with E-state index in [1.807, 2.05) is 0 Å². The monoisotopic (exact) mass is 584 g/mol. The Morgan fingerprint density at radius 1 is 1.06 bits per heavy atom. The standard InChI is InChI=1S/C18H12Cl2F6N2O5S2/c19-9-7(1-2-8(10(9)20)16(32,17(21,22)23)18(24,25)26)12-11(15(30)31)27-13(34-12)14(29)28-3-5-35(33)6-4-28/h1-2,32H,3-6H2,(H,30,31). The predicted molar refractivity (Wildman–Crippen MR) is 114 cm³/mol. The maximum Gasteiger partial charge on any atom is 0.430 e. The third-order valence-corrected chi connectivity index (χ3v) is 8.25. The number of alkyl halides is 6. The van der Waals surface area contributed by atoms with Crippen molar-refractivity contribution in [1.82, 2.24) is 9.88 Å². The fraction of sp³-hybridized carbons (Fsp3) is 0.389. The highest BCUT2D eigenvalue weighted by molar-refractivity contribution is 7.91. The van der Waals surface area contributed by atoms with Crippen LogP contribution in [0.2, 0.25) is 10.0 Å². The molecular weight excluding hydrogens is 573 g/mol. The molecule has 2 N–H and O–H groups in total. The number of hydrogen-bond acceptors (Lipinski definition) is 6. The highest BCUT2D eigenvalue weighted by Gasteiger charge is 2.72. The summed E-state index contributed by atoms with van der Waals surface area (Å²) >= 11 is 11.0. The number of benzene rings is 1. The summed E-state index contributed by atoms with van der Waals surface area (Å²) in [6.45, 7) is 0.217. The fourth-order valence-electron chi connectivity index (χ4n) is 3.19. The van der Waals surface area contributed by atoms with Crippen LogP contribution < -0.4 is 0 Å². The molecular formula is C18H12Cl2F6N2O5S2. The number of carbonyl (C=O) groups excluding carboxylic acids is 1. The average Bonchev–Trinajstić information content (AvgIpc) is 3.19. The summed E-state index contributed by atoms with van der Waals surface area (Å²) in [5.41, 5.74) is -8.34. The predicted octanol–water partition coefficient (Wildman–Crippen LogP) is 4.33. The molecule has 1 aromatic carbocycles. The minimum atomic E-state index is -6.23. The zero-order valence-corrected chi connectivity index (χ0v) is 20.0. The molecule has 7 nitrogen and oxygen atoms in total. The maximum absolute atomic E-state index is 13.3. The lowest BCUT2D eigenvalue weighted by Gasteiger charge is -2.33. The van der Waals surface area contributed by atoms with Gasteiger partial charge in [0.05, 0.1) is 28.0 Å². The molecule has 2 heterocycles. The number of nitrogens with zero attached hydrogens (tertiary/aromatic N) is 2. The molecule has 1 aliphatic heterocycles. The number of carbonyl (C=O) groups is 2. The maximum atomic E-state index is 13.3. The van der Waals surface area contributed by atoms with Gasteiger partial charge < -0.3 is 19.7 Å². The Morgan fingerprint density at radius 2 is 1.60 bits per heavy atom. The molecule has 1 aliphatic rings. The van der Waals surface area contributed by atoms with Crippen LogP contribution in [-0.2, 0) is 16.8 Å². The molecule has 0 saturated carbocycles. The van der Waals surface area contributed by atoms with E-state index < -0.39 is 67.9 Å². The molecule has 192 valence electrons. The molecule has 1 aromatic heterocycles. The lowest BCUT2D eigenvalue weighted by Crippen LogP contribution is -2.54. The SMILES string of the molecule is O=C(O)c1nc(C(=O)N2CC[S+]([O-])CC2)sc1-c1ccc(C(O)(C(F)(F)F)C(F)(F)F)c(Cl)c1Cl. The second kappa shape index (κ2) is 9.59. The molecule has 0 atom stereocenters. The first-order valence-electron chi connectivity index (χ1n) is 9.23. The van der Waals surface area contributed by atoms with E-state index in [9.17, 15) is 50.7 Å². The van der Waals surface area contributed by atoms with Crippen LogP contribution in [0.3, 0.4) is 0 Å². The number of halogens is 8. The van der Waals surface area contributed by atoms with Gasteiger partial charge in [-0.3, -0.25) is 4.79 Å². The van der Waals surface area contributed by atoms with Gasteiger partial charge in [0.15, 0.2) is 10.7 Å². The summed E-state index contributed by atoms with van der Waals surface area (Å²) in [4.78, 5) is 29.1. The normalized spacial score (nSPS) is 16.0. The largest absolute Gasteiger partial charge is 0.616 e. The van der Waals surface area contributed by atoms with E-state index in [-0.39, 0.29) is 40.5 Å². The van der Waals surface area contributed by atoms with Gasteiger partial charge in [0.25, 0.3) is 11.5 Å². The number of carboxylic acid groups (broad SMARTS) is 1. The number of rotatable bonds is 4. The third kappa shape index (κ3) is 4.93. The van der Waals surface area contributed by atoms with Crippen LogP contribution in [-0.4, -0.2) is 73.5 Å². The molecule has 35 heavy (non-hydrogen) atoms. The summed E-state index contributed by atoms with van der Waals surface area (Å²) in [7, 11) is 0. The van der Waals surface area contributed by atoms with Crippen LogP contribution in [0, 0.1) is 0 Å². The van der Waals surface area contributed by atoms with Crippen molar-refractivity contribution in [3.05, 3.63) is 38.4 Å². The van der Waals surface area contributed by atoms with Gasteiger partial charge >= 0.3 is 18.3 Å². The lowest BCUT2D eigenvalue weighted by molar-refractivity contribution is -0.376. The van der Waals surface area contributed by atoms with E-state index >= 15 is 0 Å². The Kier molecular flexibility index (Phi) is 7.62. The van der Waals surface area contributed by atoms with Crippen molar-refractivity contribution in [2.75, 3.05) is 24.6 Å². The number of aromatic carboxylic acids is 1. The Balaban J connectivity index is 2.12. The van der Waals surface area contributed by atoms with Crippen LogP contribution in [0.1, 0.15) is 25.9 Å². The van der Waals surface area contributed by atoms with Crippen LogP contribution in [0.25, 0.3) is 10.4 Å².